The molecule has 0 amide bonds. The van der Waals surface area contributed by atoms with E-state index >= 15 is 0 Å². The third-order valence-electron chi connectivity index (χ3n) is 8.50. The van der Waals surface area contributed by atoms with Crippen molar-refractivity contribution in [3.05, 3.63) is 112 Å². The van der Waals surface area contributed by atoms with E-state index in [2.05, 4.69) is 122 Å². The Hall–Kier alpha value is -4.31. The standard InChI is InChI=1S/C38H39N3O/c1-9-26-15-16-28(36-35(26)30-21-29(22(2)3)25(6)39-37(30)42-36)32-18-24(5)20-34(41-32)38(7,8)33-19-23(4)17-31(40-33)27-13-11-10-12-14-27/h10-22H,9H2,1-8H3. The summed E-state index contributed by atoms with van der Waals surface area (Å²) in [5.74, 6) is 0.390. The van der Waals surface area contributed by atoms with Crippen LogP contribution >= 0.6 is 0 Å². The van der Waals surface area contributed by atoms with Crippen LogP contribution in [0.2, 0.25) is 0 Å². The maximum absolute atomic E-state index is 6.56. The Morgan fingerprint density at radius 1 is 0.762 bits per heavy atom. The number of nitrogens with zero attached hydrogens (tertiary/aromatic N) is 3. The molecule has 42 heavy (non-hydrogen) atoms. The van der Waals surface area contributed by atoms with Gasteiger partial charge in [0.1, 0.15) is 5.58 Å². The zero-order chi connectivity index (χ0) is 29.8. The summed E-state index contributed by atoms with van der Waals surface area (Å²) in [4.78, 5) is 15.4. The number of rotatable bonds is 6. The molecule has 0 aliphatic rings. The molecule has 0 atom stereocenters. The Morgan fingerprint density at radius 2 is 1.40 bits per heavy atom. The summed E-state index contributed by atoms with van der Waals surface area (Å²) in [6, 6.07) is 25.7. The molecule has 4 nitrogen and oxygen atoms in total. The lowest BCUT2D eigenvalue weighted by molar-refractivity contribution is 0.595. The van der Waals surface area contributed by atoms with Crippen molar-refractivity contribution in [1.29, 1.82) is 0 Å². The largest absolute Gasteiger partial charge is 0.437 e. The smallest absolute Gasteiger partial charge is 0.227 e. The van der Waals surface area contributed by atoms with Crippen LogP contribution in [0, 0.1) is 20.8 Å². The van der Waals surface area contributed by atoms with Crippen molar-refractivity contribution in [3.8, 4) is 22.5 Å². The van der Waals surface area contributed by atoms with E-state index in [1.165, 1.54) is 16.7 Å². The first-order valence-electron chi connectivity index (χ1n) is 15.0. The number of aromatic nitrogens is 3. The van der Waals surface area contributed by atoms with Crippen LogP contribution in [0.1, 0.15) is 79.9 Å². The summed E-state index contributed by atoms with van der Waals surface area (Å²) < 4.78 is 6.56. The van der Waals surface area contributed by atoms with E-state index in [4.69, 9.17) is 19.4 Å². The summed E-state index contributed by atoms with van der Waals surface area (Å²) in [7, 11) is 0. The van der Waals surface area contributed by atoms with Gasteiger partial charge in [0.05, 0.1) is 22.8 Å². The molecular formula is C38H39N3O. The Balaban J connectivity index is 1.53. The Kier molecular flexibility index (Phi) is 6.97. The van der Waals surface area contributed by atoms with Crippen molar-refractivity contribution in [2.24, 2.45) is 0 Å². The average molecular weight is 554 g/mol. The minimum atomic E-state index is -0.419. The number of pyridine rings is 3. The minimum absolute atomic E-state index is 0.390. The molecule has 0 fully saturated rings. The SMILES string of the molecule is CCc1ccc(-c2cc(C)cc(C(C)(C)c3cc(C)cc(-c4ccccc4)n3)n2)c2oc3nc(C)c(C(C)C)cc3c12. The van der Waals surface area contributed by atoms with Crippen molar-refractivity contribution >= 4 is 22.1 Å². The van der Waals surface area contributed by atoms with Gasteiger partial charge in [-0.05, 0) is 106 Å². The monoisotopic (exact) mass is 553 g/mol. The molecule has 4 heteroatoms. The normalized spacial score (nSPS) is 12.1. The summed E-state index contributed by atoms with van der Waals surface area (Å²) in [5.41, 5.74) is 13.0. The van der Waals surface area contributed by atoms with E-state index < -0.39 is 5.41 Å². The molecule has 4 heterocycles. The minimum Gasteiger partial charge on any atom is -0.437 e. The van der Waals surface area contributed by atoms with Crippen molar-refractivity contribution in [2.75, 3.05) is 0 Å². The number of hydrogen-bond acceptors (Lipinski definition) is 4. The second-order valence-corrected chi connectivity index (χ2v) is 12.4. The van der Waals surface area contributed by atoms with Gasteiger partial charge in [-0.15, -0.1) is 0 Å². The third kappa shape index (κ3) is 4.79. The highest BCUT2D eigenvalue weighted by molar-refractivity contribution is 6.10. The molecule has 0 unspecified atom stereocenters. The van der Waals surface area contributed by atoms with Crippen LogP contribution in [0.3, 0.4) is 0 Å². The summed E-state index contributed by atoms with van der Waals surface area (Å²) >= 11 is 0. The molecule has 0 aliphatic heterocycles. The van der Waals surface area contributed by atoms with Crippen LogP contribution in [-0.4, -0.2) is 15.0 Å². The van der Waals surface area contributed by atoms with Gasteiger partial charge < -0.3 is 4.42 Å². The van der Waals surface area contributed by atoms with E-state index in [0.29, 0.717) is 11.6 Å². The lowest BCUT2D eigenvalue weighted by atomic mass is 9.83. The second-order valence-electron chi connectivity index (χ2n) is 12.4. The van der Waals surface area contributed by atoms with Gasteiger partial charge in [-0.25, -0.2) is 4.98 Å². The highest BCUT2D eigenvalue weighted by atomic mass is 16.3. The summed E-state index contributed by atoms with van der Waals surface area (Å²) in [5, 5.41) is 2.24. The van der Waals surface area contributed by atoms with Crippen molar-refractivity contribution in [2.45, 2.75) is 73.1 Å². The molecule has 0 spiro atoms. The number of hydrogen-bond donors (Lipinski definition) is 0. The van der Waals surface area contributed by atoms with E-state index in [1.54, 1.807) is 0 Å². The molecule has 0 radical (unpaired) electrons. The van der Waals surface area contributed by atoms with Crippen molar-refractivity contribution in [3.63, 3.8) is 0 Å². The van der Waals surface area contributed by atoms with Gasteiger partial charge in [-0.3, -0.25) is 9.97 Å². The molecule has 4 aromatic heterocycles. The molecule has 0 saturated carbocycles. The topological polar surface area (TPSA) is 51.8 Å². The molecule has 0 bridgehead atoms. The molecule has 0 saturated heterocycles. The maximum atomic E-state index is 6.56. The number of benzene rings is 2. The number of furan rings is 1. The van der Waals surface area contributed by atoms with Crippen LogP contribution in [0.25, 0.3) is 44.6 Å². The Morgan fingerprint density at radius 3 is 2.05 bits per heavy atom. The fraction of sp³-hybridized carbons (Fsp3) is 0.289. The van der Waals surface area contributed by atoms with Crippen LogP contribution in [0.15, 0.2) is 77.2 Å². The molecule has 6 rings (SSSR count). The fourth-order valence-corrected chi connectivity index (χ4v) is 6.06. The number of aryl methyl sites for hydroxylation is 4. The summed E-state index contributed by atoms with van der Waals surface area (Å²) in [6.45, 7) is 17.4. The molecule has 6 aromatic rings. The fourth-order valence-electron chi connectivity index (χ4n) is 6.06. The average Bonchev–Trinajstić information content (AvgIpc) is 3.34. The highest BCUT2D eigenvalue weighted by Gasteiger charge is 2.29. The highest BCUT2D eigenvalue weighted by Crippen LogP contribution is 2.40. The molecule has 2 aromatic carbocycles. The predicted molar refractivity (Wildman–Crippen MR) is 174 cm³/mol. The van der Waals surface area contributed by atoms with Crippen LogP contribution in [-0.2, 0) is 11.8 Å². The van der Waals surface area contributed by atoms with Gasteiger partial charge in [0.25, 0.3) is 0 Å². The maximum Gasteiger partial charge on any atom is 0.227 e. The van der Waals surface area contributed by atoms with E-state index in [9.17, 15) is 0 Å². The molecule has 0 aliphatic carbocycles. The van der Waals surface area contributed by atoms with Crippen LogP contribution in [0.5, 0.6) is 0 Å². The first kappa shape index (κ1) is 27.8. The zero-order valence-electron chi connectivity index (χ0n) is 26.0. The van der Waals surface area contributed by atoms with Gasteiger partial charge in [0.15, 0.2) is 0 Å². The van der Waals surface area contributed by atoms with E-state index in [-0.39, 0.29) is 0 Å². The van der Waals surface area contributed by atoms with Crippen molar-refractivity contribution < 1.29 is 4.42 Å². The second kappa shape index (κ2) is 10.5. The van der Waals surface area contributed by atoms with E-state index in [1.807, 2.05) is 6.07 Å². The zero-order valence-corrected chi connectivity index (χ0v) is 26.0. The lowest BCUT2D eigenvalue weighted by Gasteiger charge is -2.26. The first-order chi connectivity index (χ1) is 20.1. The summed E-state index contributed by atoms with van der Waals surface area (Å²) in [6.07, 6.45) is 0.915. The van der Waals surface area contributed by atoms with Crippen LogP contribution < -0.4 is 0 Å². The van der Waals surface area contributed by atoms with Gasteiger partial charge in [0, 0.05) is 33.0 Å². The predicted octanol–water partition coefficient (Wildman–Crippen LogP) is 10.0. The Labute approximate surface area is 248 Å². The number of fused-ring (bicyclic) bond motifs is 3. The van der Waals surface area contributed by atoms with Crippen molar-refractivity contribution in [1.82, 2.24) is 15.0 Å². The van der Waals surface area contributed by atoms with Gasteiger partial charge in [-0.1, -0.05) is 57.2 Å². The Bertz CT molecular complexity index is 1950. The quantitative estimate of drug-likeness (QED) is 0.206. The van der Waals surface area contributed by atoms with E-state index in [0.717, 1.165) is 67.9 Å². The van der Waals surface area contributed by atoms with Gasteiger partial charge in [-0.2, -0.15) is 0 Å². The molecule has 212 valence electrons. The van der Waals surface area contributed by atoms with Gasteiger partial charge in [0.2, 0.25) is 5.71 Å². The first-order valence-corrected chi connectivity index (χ1v) is 15.0. The lowest BCUT2D eigenvalue weighted by Crippen LogP contribution is -2.23. The molecular weight excluding hydrogens is 514 g/mol. The molecule has 0 N–H and O–H groups in total. The van der Waals surface area contributed by atoms with Crippen LogP contribution in [0.4, 0.5) is 0 Å². The van der Waals surface area contributed by atoms with Gasteiger partial charge >= 0.3 is 0 Å². The third-order valence-corrected chi connectivity index (χ3v) is 8.50.